The van der Waals surface area contributed by atoms with Gasteiger partial charge in [-0.2, -0.15) is 0 Å². The van der Waals surface area contributed by atoms with E-state index in [1.807, 2.05) is 28.7 Å². The van der Waals surface area contributed by atoms with Crippen molar-refractivity contribution in [1.82, 2.24) is 19.6 Å². The maximum atomic E-state index is 13.8. The number of H-pyrrole nitrogens is 1. The van der Waals surface area contributed by atoms with Crippen molar-refractivity contribution in [3.8, 4) is 0 Å². The Kier molecular flexibility index (Phi) is 3.76. The quantitative estimate of drug-likeness (QED) is 0.445. The summed E-state index contributed by atoms with van der Waals surface area (Å²) in [6.07, 6.45) is 0. The highest BCUT2D eigenvalue weighted by molar-refractivity contribution is 8.00. The van der Waals surface area contributed by atoms with Gasteiger partial charge >= 0.3 is 0 Å². The van der Waals surface area contributed by atoms with Crippen LogP contribution >= 0.6 is 11.8 Å². The number of Topliss-reactive ketones (excluding diaryl/α,β-unsaturated/α-hetero) is 1. The molecular weight excluding hydrogens is 346 g/mol. The lowest BCUT2D eigenvalue weighted by Crippen LogP contribution is -2.15. The molecule has 0 amide bonds. The molecule has 8 heteroatoms. The first-order valence-corrected chi connectivity index (χ1v) is 8.40. The molecule has 25 heavy (non-hydrogen) atoms. The monoisotopic (exact) mass is 358 g/mol. The minimum absolute atomic E-state index is 0.135. The Labute approximate surface area is 145 Å². The van der Waals surface area contributed by atoms with E-state index >= 15 is 0 Å². The van der Waals surface area contributed by atoms with Gasteiger partial charge in [-0.3, -0.25) is 9.20 Å². The zero-order valence-corrected chi connectivity index (χ0v) is 13.8. The van der Waals surface area contributed by atoms with Crippen LogP contribution in [0, 0.1) is 11.6 Å². The van der Waals surface area contributed by atoms with Crippen LogP contribution in [0.15, 0.2) is 47.6 Å². The average Bonchev–Trinajstić information content (AvgIpc) is 3.14. The number of ketones is 1. The van der Waals surface area contributed by atoms with Gasteiger partial charge in [0.2, 0.25) is 5.78 Å². The first-order chi connectivity index (χ1) is 12.0. The van der Waals surface area contributed by atoms with Crippen LogP contribution in [0.5, 0.6) is 0 Å². The molecule has 2 heterocycles. The van der Waals surface area contributed by atoms with Crippen molar-refractivity contribution in [1.29, 1.82) is 0 Å². The number of aromatic nitrogens is 4. The zero-order chi connectivity index (χ0) is 17.6. The maximum Gasteiger partial charge on any atom is 0.231 e. The first kappa shape index (κ1) is 15.8. The number of para-hydroxylation sites is 2. The summed E-state index contributed by atoms with van der Waals surface area (Å²) >= 11 is 1.19. The molecule has 0 aliphatic rings. The molecule has 1 unspecified atom stereocenters. The standard InChI is InChI=1S/C17H12F2N4OS/c1-9(15(24)11-7-6-10(18)8-12(11)19)25-17-22-21-16-20-13-4-2-3-5-14(13)23(16)17/h2-9H,1H3,(H,20,21). The molecule has 0 radical (unpaired) electrons. The summed E-state index contributed by atoms with van der Waals surface area (Å²) in [6, 6.07) is 10.5. The molecule has 2 aromatic carbocycles. The van der Waals surface area contributed by atoms with Crippen molar-refractivity contribution in [3.63, 3.8) is 0 Å². The zero-order valence-electron chi connectivity index (χ0n) is 13.0. The molecule has 0 saturated heterocycles. The number of rotatable bonds is 4. The lowest BCUT2D eigenvalue weighted by molar-refractivity contribution is 0.0990. The molecule has 0 fully saturated rings. The number of fused-ring (bicyclic) bond motifs is 3. The van der Waals surface area contributed by atoms with Crippen molar-refractivity contribution in [2.75, 3.05) is 0 Å². The van der Waals surface area contributed by atoms with E-state index in [4.69, 9.17) is 0 Å². The number of halogens is 2. The molecule has 0 bridgehead atoms. The van der Waals surface area contributed by atoms with E-state index in [1.165, 1.54) is 11.8 Å². The van der Waals surface area contributed by atoms with Crippen LogP contribution in [0.25, 0.3) is 16.8 Å². The number of hydrogen-bond acceptors (Lipinski definition) is 4. The van der Waals surface area contributed by atoms with E-state index in [1.54, 1.807) is 6.92 Å². The second-order valence-electron chi connectivity index (χ2n) is 5.51. The summed E-state index contributed by atoms with van der Waals surface area (Å²) in [4.78, 5) is 16.9. The normalized spacial score (nSPS) is 12.8. The molecule has 0 saturated carbocycles. The molecular formula is C17H12F2N4OS. The Morgan fingerprint density at radius 1 is 1.24 bits per heavy atom. The summed E-state index contributed by atoms with van der Waals surface area (Å²) in [5, 5.41) is 6.96. The summed E-state index contributed by atoms with van der Waals surface area (Å²) < 4.78 is 28.7. The van der Waals surface area contributed by atoms with E-state index < -0.39 is 22.7 Å². The van der Waals surface area contributed by atoms with Crippen LogP contribution in [-0.2, 0) is 0 Å². The van der Waals surface area contributed by atoms with Crippen LogP contribution in [0.2, 0.25) is 0 Å². The summed E-state index contributed by atoms with van der Waals surface area (Å²) in [6.45, 7) is 1.66. The average molecular weight is 358 g/mol. The highest BCUT2D eigenvalue weighted by atomic mass is 32.2. The number of nitrogens with one attached hydrogen (secondary N) is 1. The number of thioether (sulfide) groups is 1. The Balaban J connectivity index is 1.67. The van der Waals surface area contributed by atoms with Gasteiger partial charge in [0.25, 0.3) is 0 Å². The number of nitrogens with zero attached hydrogens (tertiary/aromatic N) is 3. The third kappa shape index (κ3) is 2.68. The molecule has 0 spiro atoms. The van der Waals surface area contributed by atoms with Gasteiger partial charge in [-0.25, -0.2) is 18.9 Å². The largest absolute Gasteiger partial charge is 0.293 e. The van der Waals surface area contributed by atoms with E-state index in [2.05, 4.69) is 15.2 Å². The third-order valence-corrected chi connectivity index (χ3v) is 4.90. The van der Waals surface area contributed by atoms with E-state index in [9.17, 15) is 13.6 Å². The predicted molar refractivity (Wildman–Crippen MR) is 90.9 cm³/mol. The molecule has 4 rings (SSSR count). The Morgan fingerprint density at radius 2 is 2.04 bits per heavy atom. The van der Waals surface area contributed by atoms with Gasteiger partial charge in [0, 0.05) is 6.07 Å². The van der Waals surface area contributed by atoms with Crippen LogP contribution in [0.1, 0.15) is 17.3 Å². The summed E-state index contributed by atoms with van der Waals surface area (Å²) in [5.74, 6) is -1.44. The van der Waals surface area contributed by atoms with Crippen LogP contribution < -0.4 is 0 Å². The van der Waals surface area contributed by atoms with E-state index in [0.29, 0.717) is 17.0 Å². The number of aromatic amines is 1. The SMILES string of the molecule is CC(Sc1n[nH]c2nc3ccccc3n12)C(=O)c1ccc(F)cc1F. The summed E-state index contributed by atoms with van der Waals surface area (Å²) in [5.41, 5.74) is 1.53. The van der Waals surface area contributed by atoms with Crippen molar-refractivity contribution >= 4 is 34.4 Å². The van der Waals surface area contributed by atoms with Crippen LogP contribution in [-0.4, -0.2) is 30.6 Å². The van der Waals surface area contributed by atoms with Crippen molar-refractivity contribution in [3.05, 3.63) is 59.7 Å². The van der Waals surface area contributed by atoms with Gasteiger partial charge in [0.15, 0.2) is 10.9 Å². The Hall–Kier alpha value is -2.74. The van der Waals surface area contributed by atoms with Crippen molar-refractivity contribution in [2.45, 2.75) is 17.3 Å². The van der Waals surface area contributed by atoms with Gasteiger partial charge in [-0.15, -0.1) is 5.10 Å². The van der Waals surface area contributed by atoms with Gasteiger partial charge in [0.1, 0.15) is 11.6 Å². The van der Waals surface area contributed by atoms with Crippen molar-refractivity contribution < 1.29 is 13.6 Å². The molecule has 4 aromatic rings. The fraction of sp³-hybridized carbons (Fsp3) is 0.118. The number of imidazole rings is 1. The topological polar surface area (TPSA) is 63.1 Å². The second kappa shape index (κ2) is 5.96. The molecule has 1 N–H and O–H groups in total. The smallest absolute Gasteiger partial charge is 0.231 e. The Bertz CT molecular complexity index is 1100. The van der Waals surface area contributed by atoms with Gasteiger partial charge < -0.3 is 0 Å². The molecule has 2 aromatic heterocycles. The minimum atomic E-state index is -0.863. The van der Waals surface area contributed by atoms with Gasteiger partial charge in [-0.1, -0.05) is 23.9 Å². The molecule has 126 valence electrons. The first-order valence-electron chi connectivity index (χ1n) is 7.52. The van der Waals surface area contributed by atoms with Crippen molar-refractivity contribution in [2.24, 2.45) is 0 Å². The lowest BCUT2D eigenvalue weighted by Gasteiger charge is -2.09. The number of carbonyl (C=O) groups is 1. The summed E-state index contributed by atoms with van der Waals surface area (Å²) in [7, 11) is 0. The Morgan fingerprint density at radius 3 is 2.84 bits per heavy atom. The second-order valence-corrected chi connectivity index (χ2v) is 6.82. The predicted octanol–water partition coefficient (Wildman–Crippen LogP) is 3.85. The lowest BCUT2D eigenvalue weighted by atomic mass is 10.1. The van der Waals surface area contributed by atoms with E-state index in [-0.39, 0.29) is 5.56 Å². The number of benzene rings is 2. The molecule has 0 aliphatic heterocycles. The minimum Gasteiger partial charge on any atom is -0.293 e. The third-order valence-electron chi connectivity index (χ3n) is 3.85. The molecule has 1 atom stereocenters. The van der Waals surface area contributed by atoms with E-state index in [0.717, 1.165) is 23.2 Å². The van der Waals surface area contributed by atoms with Gasteiger partial charge in [0.05, 0.1) is 21.8 Å². The fourth-order valence-corrected chi connectivity index (χ4v) is 3.58. The highest BCUT2D eigenvalue weighted by Gasteiger charge is 2.23. The maximum absolute atomic E-state index is 13.8. The molecule has 0 aliphatic carbocycles. The number of carbonyl (C=O) groups excluding carboxylic acids is 1. The van der Waals surface area contributed by atoms with Crippen LogP contribution in [0.3, 0.4) is 0 Å². The fourth-order valence-electron chi connectivity index (χ4n) is 2.64. The number of hydrogen-bond donors (Lipinski definition) is 1. The van der Waals surface area contributed by atoms with Gasteiger partial charge in [-0.05, 0) is 31.2 Å². The highest BCUT2D eigenvalue weighted by Crippen LogP contribution is 2.28. The molecule has 5 nitrogen and oxygen atoms in total. The van der Waals surface area contributed by atoms with Crippen LogP contribution in [0.4, 0.5) is 8.78 Å².